The zero-order valence-electron chi connectivity index (χ0n) is 16.4. The van der Waals surface area contributed by atoms with E-state index in [0.717, 1.165) is 23.6 Å². The van der Waals surface area contributed by atoms with Crippen molar-refractivity contribution in [2.24, 2.45) is 0 Å². The lowest BCUT2D eigenvalue weighted by Gasteiger charge is -2.10. The van der Waals surface area contributed by atoms with Gasteiger partial charge in [-0.1, -0.05) is 25.1 Å². The highest BCUT2D eigenvalue weighted by Crippen LogP contribution is 2.22. The van der Waals surface area contributed by atoms with Gasteiger partial charge >= 0.3 is 0 Å². The number of nitrogens with one attached hydrogen (secondary N) is 1. The second-order valence-corrected chi connectivity index (χ2v) is 6.53. The van der Waals surface area contributed by atoms with Crippen LogP contribution in [0.2, 0.25) is 0 Å². The maximum atomic E-state index is 13.0. The molecule has 0 saturated heterocycles. The molecule has 0 unspecified atom stereocenters. The van der Waals surface area contributed by atoms with Crippen LogP contribution in [0, 0.1) is 0 Å². The fraction of sp³-hybridized carbons (Fsp3) is 0.182. The molecule has 4 aromatic rings. The summed E-state index contributed by atoms with van der Waals surface area (Å²) >= 11 is 0. The second kappa shape index (κ2) is 8.10. The highest BCUT2D eigenvalue weighted by molar-refractivity contribution is 6.05. The Balaban J connectivity index is 1.61. The molecule has 0 saturated carbocycles. The van der Waals surface area contributed by atoms with Gasteiger partial charge in [0.15, 0.2) is 5.82 Å². The van der Waals surface area contributed by atoms with Crippen LogP contribution in [0.1, 0.15) is 29.9 Å². The van der Waals surface area contributed by atoms with Crippen LogP contribution in [0.5, 0.6) is 0 Å². The Bertz CT molecular complexity index is 1130. The number of aromatic nitrogens is 5. The van der Waals surface area contributed by atoms with Gasteiger partial charge in [0, 0.05) is 36.4 Å². The molecule has 7 nitrogen and oxygen atoms in total. The van der Waals surface area contributed by atoms with Crippen LogP contribution in [0.4, 0.5) is 5.69 Å². The van der Waals surface area contributed by atoms with Crippen LogP contribution in [-0.4, -0.2) is 30.2 Å². The van der Waals surface area contributed by atoms with Crippen molar-refractivity contribution in [2.75, 3.05) is 5.32 Å². The van der Waals surface area contributed by atoms with Crippen molar-refractivity contribution >= 4 is 11.6 Å². The number of nitrogens with zero attached hydrogens (tertiary/aromatic N) is 5. The van der Waals surface area contributed by atoms with E-state index in [2.05, 4.69) is 31.9 Å². The molecule has 1 N–H and O–H groups in total. The maximum Gasteiger partial charge on any atom is 0.259 e. The monoisotopic (exact) mass is 386 g/mol. The molecule has 146 valence electrons. The van der Waals surface area contributed by atoms with Crippen molar-refractivity contribution in [3.63, 3.8) is 0 Å². The van der Waals surface area contributed by atoms with Crippen molar-refractivity contribution < 1.29 is 4.79 Å². The minimum absolute atomic E-state index is 0.194. The Morgan fingerprint density at radius 3 is 2.72 bits per heavy atom. The normalized spacial score (nSPS) is 10.8. The average molecular weight is 386 g/mol. The fourth-order valence-electron chi connectivity index (χ4n) is 3.34. The van der Waals surface area contributed by atoms with Crippen LogP contribution in [-0.2, 0) is 13.0 Å². The Hall–Kier alpha value is -3.74. The number of aryl methyl sites for hydroxylation is 1. The van der Waals surface area contributed by atoms with E-state index in [-0.39, 0.29) is 5.91 Å². The van der Waals surface area contributed by atoms with Crippen molar-refractivity contribution in [3.8, 4) is 17.2 Å². The third-order valence-corrected chi connectivity index (χ3v) is 4.75. The standard InChI is InChI=1S/C22H22N6O/c1-3-19-18(15-25-28(19)20-10-5-6-11-23-20)22(29)26-17-9-7-8-16(14-17)21-24-12-13-27(21)4-2/h5-15H,3-4H2,1-2H3,(H,26,29). The number of pyridine rings is 1. The molecule has 0 aliphatic carbocycles. The molecule has 1 aromatic carbocycles. The predicted octanol–water partition coefficient (Wildman–Crippen LogP) is 3.97. The minimum atomic E-state index is -0.194. The van der Waals surface area contributed by atoms with Crippen LogP contribution in [0.3, 0.4) is 0 Å². The van der Waals surface area contributed by atoms with Crippen molar-refractivity contribution in [1.29, 1.82) is 0 Å². The number of benzene rings is 1. The van der Waals surface area contributed by atoms with Gasteiger partial charge in [-0.15, -0.1) is 0 Å². The smallest absolute Gasteiger partial charge is 0.259 e. The number of imidazole rings is 1. The van der Waals surface area contributed by atoms with Crippen LogP contribution < -0.4 is 5.32 Å². The van der Waals surface area contributed by atoms with Gasteiger partial charge in [-0.25, -0.2) is 14.6 Å². The summed E-state index contributed by atoms with van der Waals surface area (Å²) in [6.45, 7) is 4.90. The largest absolute Gasteiger partial charge is 0.331 e. The molecule has 3 heterocycles. The molecule has 0 spiro atoms. The molecule has 0 radical (unpaired) electrons. The molecule has 0 bridgehead atoms. The topological polar surface area (TPSA) is 77.6 Å². The Labute approximate surface area is 169 Å². The van der Waals surface area contributed by atoms with E-state index in [1.165, 1.54) is 0 Å². The summed E-state index contributed by atoms with van der Waals surface area (Å²) in [6.07, 6.45) is 7.69. The zero-order chi connectivity index (χ0) is 20.2. The van der Waals surface area contributed by atoms with Gasteiger partial charge in [0.05, 0.1) is 17.5 Å². The zero-order valence-corrected chi connectivity index (χ0v) is 16.4. The molecule has 0 aliphatic heterocycles. The van der Waals surface area contributed by atoms with Crippen LogP contribution in [0.15, 0.2) is 67.3 Å². The Morgan fingerprint density at radius 2 is 1.97 bits per heavy atom. The Morgan fingerprint density at radius 1 is 1.07 bits per heavy atom. The van der Waals surface area contributed by atoms with Gasteiger partial charge in [-0.05, 0) is 37.6 Å². The first kappa shape index (κ1) is 18.6. The second-order valence-electron chi connectivity index (χ2n) is 6.53. The number of anilines is 1. The van der Waals surface area contributed by atoms with Gasteiger partial charge < -0.3 is 9.88 Å². The maximum absolute atomic E-state index is 13.0. The van der Waals surface area contributed by atoms with Crippen molar-refractivity contribution in [1.82, 2.24) is 24.3 Å². The molecule has 0 fully saturated rings. The van der Waals surface area contributed by atoms with Gasteiger partial charge in [0.25, 0.3) is 5.91 Å². The minimum Gasteiger partial charge on any atom is -0.331 e. The summed E-state index contributed by atoms with van der Waals surface area (Å²) in [6, 6.07) is 13.3. The van der Waals surface area contributed by atoms with Crippen molar-refractivity contribution in [2.45, 2.75) is 26.8 Å². The number of hydrogen-bond acceptors (Lipinski definition) is 4. The van der Waals surface area contributed by atoms with Gasteiger partial charge in [-0.3, -0.25) is 4.79 Å². The van der Waals surface area contributed by atoms with Gasteiger partial charge in [0.1, 0.15) is 5.82 Å². The molecule has 29 heavy (non-hydrogen) atoms. The molecule has 1 amide bonds. The molecular formula is C22H22N6O. The highest BCUT2D eigenvalue weighted by Gasteiger charge is 2.18. The number of amides is 1. The molecule has 4 rings (SSSR count). The summed E-state index contributed by atoms with van der Waals surface area (Å²) in [5, 5.41) is 7.37. The van der Waals surface area contributed by atoms with E-state index in [9.17, 15) is 4.79 Å². The molecule has 0 atom stereocenters. The molecule has 0 aliphatic rings. The van der Waals surface area contributed by atoms with E-state index in [4.69, 9.17) is 0 Å². The first-order valence-electron chi connectivity index (χ1n) is 9.62. The molecule has 3 aromatic heterocycles. The lowest BCUT2D eigenvalue weighted by molar-refractivity contribution is 0.102. The lowest BCUT2D eigenvalue weighted by atomic mass is 10.1. The lowest BCUT2D eigenvalue weighted by Crippen LogP contribution is -2.14. The quantitative estimate of drug-likeness (QED) is 0.544. The van der Waals surface area contributed by atoms with E-state index in [1.807, 2.05) is 55.6 Å². The average Bonchev–Trinajstić information content (AvgIpc) is 3.41. The summed E-state index contributed by atoms with van der Waals surface area (Å²) in [5.74, 6) is 1.37. The summed E-state index contributed by atoms with van der Waals surface area (Å²) in [4.78, 5) is 21.7. The van der Waals surface area contributed by atoms with Crippen LogP contribution in [0.25, 0.3) is 17.2 Å². The molecule has 7 heteroatoms. The van der Waals surface area contributed by atoms with Crippen LogP contribution >= 0.6 is 0 Å². The number of hydrogen-bond donors (Lipinski definition) is 1. The SMILES string of the molecule is CCc1c(C(=O)Nc2cccc(-c3nccn3CC)c2)cnn1-c1ccccn1. The van der Waals surface area contributed by atoms with E-state index in [1.54, 1.807) is 23.3 Å². The first-order valence-corrected chi connectivity index (χ1v) is 9.62. The summed E-state index contributed by atoms with van der Waals surface area (Å²) in [7, 11) is 0. The highest BCUT2D eigenvalue weighted by atomic mass is 16.1. The predicted molar refractivity (Wildman–Crippen MR) is 112 cm³/mol. The summed E-state index contributed by atoms with van der Waals surface area (Å²) < 4.78 is 3.77. The number of carbonyl (C=O) groups excluding carboxylic acids is 1. The van der Waals surface area contributed by atoms with E-state index < -0.39 is 0 Å². The third-order valence-electron chi connectivity index (χ3n) is 4.75. The first-order chi connectivity index (χ1) is 14.2. The Kier molecular flexibility index (Phi) is 5.20. The molecular weight excluding hydrogens is 364 g/mol. The van der Waals surface area contributed by atoms with Gasteiger partial charge in [0.2, 0.25) is 0 Å². The fourth-order valence-corrected chi connectivity index (χ4v) is 3.34. The van der Waals surface area contributed by atoms with Crippen molar-refractivity contribution in [3.05, 3.63) is 78.5 Å². The van der Waals surface area contributed by atoms with Gasteiger partial charge in [-0.2, -0.15) is 5.10 Å². The summed E-state index contributed by atoms with van der Waals surface area (Å²) in [5.41, 5.74) is 3.03. The number of rotatable bonds is 6. The van der Waals surface area contributed by atoms with E-state index in [0.29, 0.717) is 23.5 Å². The van der Waals surface area contributed by atoms with E-state index >= 15 is 0 Å². The third kappa shape index (κ3) is 3.67. The number of carbonyl (C=O) groups is 1.